The molecule has 1 aliphatic heterocycles. The van der Waals surface area contributed by atoms with Crippen LogP contribution in [0.15, 0.2) is 63.8 Å². The molecule has 1 aromatic heterocycles. The third kappa shape index (κ3) is 4.47. The first kappa shape index (κ1) is 19.6. The fraction of sp³-hybridized carbons (Fsp3) is 0.105. The van der Waals surface area contributed by atoms with Gasteiger partial charge in [0, 0.05) is 11.8 Å². The van der Waals surface area contributed by atoms with Gasteiger partial charge in [-0.15, -0.1) is 11.3 Å². The van der Waals surface area contributed by atoms with E-state index in [0.29, 0.717) is 46.0 Å². The van der Waals surface area contributed by atoms with Crippen LogP contribution in [0.3, 0.4) is 0 Å². The van der Waals surface area contributed by atoms with Crippen molar-refractivity contribution in [3.05, 3.63) is 64.5 Å². The highest BCUT2D eigenvalue weighted by Gasteiger charge is 2.16. The Morgan fingerprint density at radius 1 is 1.03 bits per heavy atom. The largest absolute Gasteiger partial charge is 0.858 e. The smallest absolute Gasteiger partial charge is 0.271 e. The summed E-state index contributed by atoms with van der Waals surface area (Å²) in [5.41, 5.74) is 1.09. The zero-order chi connectivity index (χ0) is 20.4. The van der Waals surface area contributed by atoms with Crippen LogP contribution < -0.4 is 19.3 Å². The maximum Gasteiger partial charge on any atom is 0.271 e. The summed E-state index contributed by atoms with van der Waals surface area (Å²) >= 11 is 6.75. The van der Waals surface area contributed by atoms with Gasteiger partial charge in [-0.25, -0.2) is 8.42 Å². The standard InChI is InChI=1S/C19H15ClN2O5S2/c20-17-7-8-18(28-17)29(24,25)22-13-3-1-12(2-4-13)19(23)21-14-5-6-15-16(11-14)27-10-9-26-15/h1-8,11,22H,9-10H2,(H,21,23)/p-1. The van der Waals surface area contributed by atoms with Gasteiger partial charge in [-0.3, -0.25) is 9.71 Å². The molecule has 0 saturated carbocycles. The van der Waals surface area contributed by atoms with Crippen LogP contribution in [0, 0.1) is 0 Å². The van der Waals surface area contributed by atoms with Crippen molar-refractivity contribution in [3.8, 4) is 11.5 Å². The Bertz CT molecular complexity index is 1170. The molecule has 2 aromatic carbocycles. The number of nitrogens with one attached hydrogen (secondary N) is 1. The van der Waals surface area contributed by atoms with Crippen molar-refractivity contribution in [1.29, 1.82) is 0 Å². The fourth-order valence-electron chi connectivity index (χ4n) is 2.61. The van der Waals surface area contributed by atoms with Crippen molar-refractivity contribution in [2.45, 2.75) is 4.21 Å². The number of hydrogen-bond acceptors (Lipinski definition) is 7. The predicted molar refractivity (Wildman–Crippen MR) is 110 cm³/mol. The molecule has 0 unspecified atom stereocenters. The van der Waals surface area contributed by atoms with Crippen LogP contribution in [-0.2, 0) is 10.0 Å². The van der Waals surface area contributed by atoms with Gasteiger partial charge in [0.15, 0.2) is 11.5 Å². The Hall–Kier alpha value is -2.75. The van der Waals surface area contributed by atoms with E-state index in [1.165, 1.54) is 36.4 Å². The van der Waals surface area contributed by atoms with E-state index in [4.69, 9.17) is 21.1 Å². The SMILES string of the molecule is O=S(=O)(Nc1ccc(C([O-])=Nc2ccc3c(c2)OCCO3)cc1)c1ccc(Cl)s1. The molecule has 0 amide bonds. The molecule has 0 saturated heterocycles. The number of rotatable bonds is 5. The minimum absolute atomic E-state index is 0.108. The number of anilines is 1. The Balaban J connectivity index is 1.50. The first-order valence-electron chi connectivity index (χ1n) is 8.45. The number of benzene rings is 2. The quantitative estimate of drug-likeness (QED) is 0.475. The fourth-order valence-corrected chi connectivity index (χ4v) is 5.15. The molecule has 0 fully saturated rings. The average Bonchev–Trinajstić information content (AvgIpc) is 3.15. The number of nitrogens with zero attached hydrogens (tertiary/aromatic N) is 1. The van der Waals surface area contributed by atoms with E-state index >= 15 is 0 Å². The number of hydrogen-bond donors (Lipinski definition) is 1. The molecule has 150 valence electrons. The van der Waals surface area contributed by atoms with Gasteiger partial charge in [-0.2, -0.15) is 0 Å². The summed E-state index contributed by atoms with van der Waals surface area (Å²) in [7, 11) is -3.73. The Morgan fingerprint density at radius 2 is 1.76 bits per heavy atom. The van der Waals surface area contributed by atoms with Crippen LogP contribution in [0.4, 0.5) is 11.4 Å². The molecule has 0 bridgehead atoms. The number of thiophene rings is 1. The lowest BCUT2D eigenvalue weighted by Gasteiger charge is -2.18. The second-order valence-corrected chi connectivity index (χ2v) is 9.61. The van der Waals surface area contributed by atoms with Crippen LogP contribution in [-0.4, -0.2) is 27.5 Å². The third-order valence-electron chi connectivity index (χ3n) is 3.95. The summed E-state index contributed by atoms with van der Waals surface area (Å²) in [5, 5.41) is 12.4. The number of aliphatic imine (C=N–C) groups is 1. The topological polar surface area (TPSA) is 100 Å². The number of fused-ring (bicyclic) bond motifs is 1. The van der Waals surface area contributed by atoms with Crippen LogP contribution in [0.25, 0.3) is 0 Å². The molecule has 0 spiro atoms. The highest BCUT2D eigenvalue weighted by molar-refractivity contribution is 7.94. The lowest BCUT2D eigenvalue weighted by molar-refractivity contribution is -0.212. The molecule has 7 nitrogen and oxygen atoms in total. The molecule has 29 heavy (non-hydrogen) atoms. The molecular formula is C19H14ClN2O5S2-. The maximum atomic E-state index is 12.4. The summed E-state index contributed by atoms with van der Waals surface area (Å²) in [5.74, 6) is 0.705. The molecule has 2 heterocycles. The van der Waals surface area contributed by atoms with Crippen LogP contribution in [0.2, 0.25) is 4.34 Å². The zero-order valence-electron chi connectivity index (χ0n) is 14.8. The van der Waals surface area contributed by atoms with Crippen LogP contribution >= 0.6 is 22.9 Å². The highest BCUT2D eigenvalue weighted by atomic mass is 35.5. The van der Waals surface area contributed by atoms with Gasteiger partial charge in [-0.05, 0) is 47.9 Å². The van der Waals surface area contributed by atoms with Crippen molar-refractivity contribution in [2.75, 3.05) is 17.9 Å². The van der Waals surface area contributed by atoms with Crippen LogP contribution in [0.5, 0.6) is 11.5 Å². The van der Waals surface area contributed by atoms with Gasteiger partial charge < -0.3 is 14.6 Å². The maximum absolute atomic E-state index is 12.4. The van der Waals surface area contributed by atoms with E-state index in [9.17, 15) is 13.5 Å². The molecule has 3 aromatic rings. The molecule has 0 atom stereocenters. The van der Waals surface area contributed by atoms with Crippen molar-refractivity contribution in [1.82, 2.24) is 0 Å². The van der Waals surface area contributed by atoms with Crippen molar-refractivity contribution in [2.24, 2.45) is 4.99 Å². The summed E-state index contributed by atoms with van der Waals surface area (Å²) in [4.78, 5) is 4.07. The highest BCUT2D eigenvalue weighted by Crippen LogP contribution is 2.33. The number of ether oxygens (including phenoxy) is 2. The first-order chi connectivity index (χ1) is 13.9. The molecule has 4 rings (SSSR count). The van der Waals surface area contributed by atoms with Gasteiger partial charge in [0.05, 0.1) is 10.0 Å². The molecule has 1 aliphatic rings. The molecule has 10 heteroatoms. The minimum atomic E-state index is -3.73. The normalized spacial score (nSPS) is 13.9. The minimum Gasteiger partial charge on any atom is -0.858 e. The van der Waals surface area contributed by atoms with E-state index in [1.807, 2.05) is 0 Å². The summed E-state index contributed by atoms with van der Waals surface area (Å²) in [6.07, 6.45) is 0. The first-order valence-corrected chi connectivity index (χ1v) is 11.1. The number of halogens is 1. The van der Waals surface area contributed by atoms with Gasteiger partial charge in [0.1, 0.15) is 17.4 Å². The third-order valence-corrected chi connectivity index (χ3v) is 7.06. The number of sulfonamides is 1. The molecule has 0 aliphatic carbocycles. The summed E-state index contributed by atoms with van der Waals surface area (Å²) in [6.45, 7) is 0.928. The van der Waals surface area contributed by atoms with Gasteiger partial charge in [0.2, 0.25) is 0 Å². The second kappa shape index (κ2) is 7.94. The second-order valence-electron chi connectivity index (χ2n) is 5.99. The lowest BCUT2D eigenvalue weighted by Crippen LogP contribution is -2.18. The Morgan fingerprint density at radius 3 is 2.45 bits per heavy atom. The predicted octanol–water partition coefficient (Wildman–Crippen LogP) is 3.41. The van der Waals surface area contributed by atoms with Crippen LogP contribution in [0.1, 0.15) is 5.56 Å². The van der Waals surface area contributed by atoms with E-state index in [-0.39, 0.29) is 4.21 Å². The lowest BCUT2D eigenvalue weighted by atomic mass is 10.2. The molecule has 0 radical (unpaired) electrons. The van der Waals surface area contributed by atoms with E-state index in [1.54, 1.807) is 18.2 Å². The monoisotopic (exact) mass is 449 g/mol. The Kier molecular flexibility index (Phi) is 5.35. The van der Waals surface area contributed by atoms with Crippen molar-refractivity contribution < 1.29 is 23.0 Å². The van der Waals surface area contributed by atoms with E-state index in [2.05, 4.69) is 9.71 Å². The summed E-state index contributed by atoms with van der Waals surface area (Å²) in [6, 6.07) is 14.0. The Labute approximate surface area is 176 Å². The van der Waals surface area contributed by atoms with E-state index < -0.39 is 15.9 Å². The van der Waals surface area contributed by atoms with Crippen molar-refractivity contribution >= 4 is 50.2 Å². The van der Waals surface area contributed by atoms with E-state index in [0.717, 1.165) is 11.3 Å². The van der Waals surface area contributed by atoms with Gasteiger partial charge in [-0.1, -0.05) is 23.7 Å². The molecule has 1 N–H and O–H groups in total. The zero-order valence-corrected chi connectivity index (χ0v) is 17.2. The average molecular weight is 450 g/mol. The van der Waals surface area contributed by atoms with Crippen molar-refractivity contribution in [3.63, 3.8) is 0 Å². The summed E-state index contributed by atoms with van der Waals surface area (Å²) < 4.78 is 38.5. The van der Waals surface area contributed by atoms with Gasteiger partial charge in [0.25, 0.3) is 10.0 Å². The molecular weight excluding hydrogens is 436 g/mol. The van der Waals surface area contributed by atoms with Gasteiger partial charge >= 0.3 is 0 Å².